The number of hydrogen-bond donors (Lipinski definition) is 0. The summed E-state index contributed by atoms with van der Waals surface area (Å²) < 4.78 is 238. The molecular formula is C66H62N4OPt-2. The Bertz CT molecular complexity index is 4800. The third kappa shape index (κ3) is 8.42. The van der Waals surface area contributed by atoms with Gasteiger partial charge in [0.15, 0.2) is 0 Å². The van der Waals surface area contributed by atoms with Crippen LogP contribution in [0.5, 0.6) is 11.5 Å². The van der Waals surface area contributed by atoms with Crippen LogP contribution in [0.1, 0.15) is 155 Å². The zero-order valence-electron chi connectivity index (χ0n) is 64.4. The third-order valence-corrected chi connectivity index (χ3v) is 13.4. The van der Waals surface area contributed by atoms with Gasteiger partial charge in [-0.05, 0) is 110 Å². The molecule has 12 rings (SSSR count). The van der Waals surface area contributed by atoms with Gasteiger partial charge in [0, 0.05) is 73.1 Å². The summed E-state index contributed by atoms with van der Waals surface area (Å²) in [6.07, 6.45) is -0.804. The molecule has 6 heteroatoms. The second-order valence-corrected chi connectivity index (χ2v) is 19.2. The number of aromatic nitrogens is 4. The summed E-state index contributed by atoms with van der Waals surface area (Å²) in [5, 5.41) is 1.60. The predicted molar refractivity (Wildman–Crippen MR) is 291 cm³/mol. The molecule has 0 bridgehead atoms. The number of fused-ring (bicyclic) bond motifs is 5. The Kier molecular flexibility index (Phi) is 6.92. The van der Waals surface area contributed by atoms with Crippen molar-refractivity contribution in [2.45, 2.75) is 115 Å². The fraction of sp³-hybridized carbons (Fsp3) is 0.273. The Morgan fingerprint density at radius 3 is 2.26 bits per heavy atom. The van der Waals surface area contributed by atoms with Gasteiger partial charge in [-0.3, -0.25) is 4.57 Å². The van der Waals surface area contributed by atoms with E-state index in [4.69, 9.17) is 33.0 Å². The molecule has 2 aliphatic carbocycles. The number of nitrogens with zero attached hydrogens (tertiary/aromatic N) is 4. The van der Waals surface area contributed by atoms with Gasteiger partial charge in [-0.15, -0.1) is 29.7 Å². The van der Waals surface area contributed by atoms with Crippen molar-refractivity contribution in [1.82, 2.24) is 14.1 Å². The average molecular weight is 1150 g/mol. The molecule has 3 heterocycles. The van der Waals surface area contributed by atoms with Gasteiger partial charge in [-0.1, -0.05) is 182 Å². The van der Waals surface area contributed by atoms with Crippen LogP contribution in [0.25, 0.3) is 72.3 Å². The standard InChI is InChI=1S/C66H62N4O.Pt/c1-64(2,3)56-28-19-27-50(46-32-35-55-57(38-46)66(6,7)37-36-65(55,4)5)63(56)69-43-68(59-30-16-17-31-60(59)69)47-24-18-25-48(39-47)71-49-33-34-52-51-26-14-15-29-58(51)70(61(52)40-49)62-41-53(44-20-10-8-11-21-44)54(42-67-62)45-22-12-9-13-23-45;/h9,12-19,22-35,38,41-42,44H,8,10-11,20-21,36-37H2,1-7H3;/q-2;/i4D3,5D3,6D3,7D3,9D,12D,13D,22D,23D,32D,35D,36D2,37D2,38D,44D;. The van der Waals surface area contributed by atoms with Crippen LogP contribution in [0.2, 0.25) is 0 Å². The molecule has 10 aromatic rings. The Balaban J connectivity index is 0.00000954. The fourth-order valence-electron chi connectivity index (χ4n) is 10.0. The van der Waals surface area contributed by atoms with Crippen LogP contribution in [0.4, 0.5) is 0 Å². The first-order valence-electron chi connectivity index (χ1n) is 36.0. The smallest absolute Gasteiger partial charge is 0.268 e. The van der Waals surface area contributed by atoms with E-state index in [-0.39, 0.29) is 54.9 Å². The van der Waals surface area contributed by atoms with Crippen molar-refractivity contribution in [3.63, 3.8) is 0 Å². The van der Waals surface area contributed by atoms with E-state index in [9.17, 15) is 11.0 Å². The van der Waals surface area contributed by atoms with Gasteiger partial charge in [0.2, 0.25) is 0 Å². The molecule has 0 radical (unpaired) electrons. The summed E-state index contributed by atoms with van der Waals surface area (Å²) in [5.41, 5.74) is -9.80. The third-order valence-electron chi connectivity index (χ3n) is 13.4. The maximum absolute atomic E-state index is 10.1. The fourth-order valence-corrected chi connectivity index (χ4v) is 10.0. The van der Waals surface area contributed by atoms with Crippen molar-refractivity contribution in [3.8, 4) is 50.9 Å². The number of rotatable bonds is 8. The molecule has 0 saturated heterocycles. The normalized spacial score (nSPS) is 23.2. The molecular weight excluding hydrogens is 1060 g/mol. The van der Waals surface area contributed by atoms with Gasteiger partial charge in [0.25, 0.3) is 6.33 Å². The van der Waals surface area contributed by atoms with Crippen LogP contribution in [0.15, 0.2) is 158 Å². The van der Waals surface area contributed by atoms with E-state index in [0.29, 0.717) is 52.0 Å². The summed E-state index contributed by atoms with van der Waals surface area (Å²) in [7, 11) is 0. The van der Waals surface area contributed by atoms with E-state index in [2.05, 4.69) is 18.5 Å². The zero-order valence-corrected chi connectivity index (χ0v) is 41.7. The Morgan fingerprint density at radius 1 is 0.736 bits per heavy atom. The first-order valence-corrected chi connectivity index (χ1v) is 23.5. The van der Waals surface area contributed by atoms with Gasteiger partial charge >= 0.3 is 0 Å². The number of para-hydroxylation sites is 4. The van der Waals surface area contributed by atoms with E-state index in [1.165, 1.54) is 18.3 Å². The molecule has 1 fully saturated rings. The van der Waals surface area contributed by atoms with Crippen molar-refractivity contribution >= 4 is 32.8 Å². The largest absolute Gasteiger partial charge is 0.510 e. The van der Waals surface area contributed by atoms with Crippen molar-refractivity contribution in [2.24, 2.45) is 0 Å². The van der Waals surface area contributed by atoms with Gasteiger partial charge < -0.3 is 13.9 Å². The molecule has 2 aliphatic rings. The van der Waals surface area contributed by atoms with Crippen LogP contribution < -0.4 is 9.30 Å². The maximum atomic E-state index is 10.1. The van der Waals surface area contributed by atoms with E-state index >= 15 is 0 Å². The van der Waals surface area contributed by atoms with Gasteiger partial charge in [-0.25, -0.2) is 4.98 Å². The minimum Gasteiger partial charge on any atom is -0.510 e. The molecule has 1 saturated carbocycles. The summed E-state index contributed by atoms with van der Waals surface area (Å²) >= 11 is 0. The van der Waals surface area contributed by atoms with E-state index in [1.54, 1.807) is 69.8 Å². The van der Waals surface area contributed by atoms with Crippen molar-refractivity contribution < 1.29 is 64.6 Å². The second kappa shape index (κ2) is 18.5. The first-order chi connectivity index (χ1) is 44.5. The molecule has 0 spiro atoms. The summed E-state index contributed by atoms with van der Waals surface area (Å²) in [5.74, 6) is -0.393. The van der Waals surface area contributed by atoms with Crippen LogP contribution in [0, 0.1) is 18.5 Å². The molecule has 0 atom stereocenters. The van der Waals surface area contributed by atoms with Gasteiger partial charge in [0.1, 0.15) is 5.82 Å². The van der Waals surface area contributed by atoms with Crippen LogP contribution in [-0.4, -0.2) is 14.1 Å². The Morgan fingerprint density at radius 2 is 1.47 bits per heavy atom. The minimum atomic E-state index is -4.51. The van der Waals surface area contributed by atoms with Crippen LogP contribution in [0.3, 0.4) is 0 Å². The predicted octanol–water partition coefficient (Wildman–Crippen LogP) is 16.6. The number of imidazole rings is 1. The average Bonchev–Trinajstić information content (AvgIpc) is 1.38. The van der Waals surface area contributed by atoms with E-state index in [1.807, 2.05) is 55.7 Å². The SMILES string of the molecule is [2H]c1c([2H])c([2H])c(-c2cnc(-n3c4[c-]c(Oc5[c-]c(-n6[c-][n+](-c7c(-c8c([2H])c([2H])c9c(c8[2H])C(C([2H])([2H])[2H])(C([2H])([2H])[2H])C([2H])([2H])C([2H])([2H])C9(C([2H])([2H])[2H])C([2H])([2H])[2H])cccc7C(C)(C)C)c7ccccc76)ccc5)ccc4c4ccccc43)cc2C2([2H])CCCCC2)c([2H])c1[2H].[Pt]. The molecule has 3 aromatic heterocycles. The molecule has 7 aromatic carbocycles. The summed E-state index contributed by atoms with van der Waals surface area (Å²) in [6.45, 7) is -11.4. The molecule has 5 nitrogen and oxygen atoms in total. The molecule has 0 amide bonds. The molecule has 364 valence electrons. The van der Waals surface area contributed by atoms with Crippen molar-refractivity contribution in [2.75, 3.05) is 0 Å². The monoisotopic (exact) mass is 1150 g/mol. The molecule has 72 heavy (non-hydrogen) atoms. The number of ether oxygens (including phenoxy) is 1. The summed E-state index contributed by atoms with van der Waals surface area (Å²) in [6, 6.07) is 30.1. The molecule has 0 aliphatic heterocycles. The van der Waals surface area contributed by atoms with Gasteiger partial charge in [-0.2, -0.15) is 18.2 Å². The zero-order chi connectivity index (χ0) is 70.1. The maximum Gasteiger partial charge on any atom is 0.268 e. The number of hydrogen-bond acceptors (Lipinski definition) is 2. The Labute approximate surface area is 474 Å². The number of pyridine rings is 1. The summed E-state index contributed by atoms with van der Waals surface area (Å²) in [4.78, 5) is 4.92. The molecule has 0 unspecified atom stereocenters. The first kappa shape index (κ1) is 26.9. The topological polar surface area (TPSA) is 35.9 Å². The van der Waals surface area contributed by atoms with Crippen LogP contribution >= 0.6 is 0 Å². The number of benzene rings is 7. The quantitative estimate of drug-likeness (QED) is 0.112. The Hall–Kier alpha value is -6.55. The molecule has 0 N–H and O–H groups in total. The van der Waals surface area contributed by atoms with Gasteiger partial charge in [0.05, 0.1) is 27.7 Å². The van der Waals surface area contributed by atoms with E-state index in [0.717, 1.165) is 35.6 Å². The van der Waals surface area contributed by atoms with Crippen LogP contribution in [-0.2, 0) is 37.3 Å². The van der Waals surface area contributed by atoms with Crippen molar-refractivity contribution in [3.05, 3.63) is 198 Å². The van der Waals surface area contributed by atoms with E-state index < -0.39 is 127 Å². The second-order valence-electron chi connectivity index (χ2n) is 19.2. The minimum absolute atomic E-state index is 0. The van der Waals surface area contributed by atoms with Crippen molar-refractivity contribution in [1.29, 1.82) is 0 Å².